The maximum absolute atomic E-state index is 12.2. The van der Waals surface area contributed by atoms with Gasteiger partial charge in [-0.05, 0) is 24.9 Å². The molecule has 2 aliphatic rings. The molecule has 2 saturated heterocycles. The van der Waals surface area contributed by atoms with E-state index in [1.54, 1.807) is 0 Å². The highest BCUT2D eigenvalue weighted by Gasteiger charge is 2.26. The van der Waals surface area contributed by atoms with Crippen LogP contribution in [0.1, 0.15) is 24.4 Å². The average Bonchev–Trinajstić information content (AvgIpc) is 3.11. The van der Waals surface area contributed by atoms with E-state index in [4.69, 9.17) is 4.74 Å². The first-order valence-electron chi connectivity index (χ1n) is 8.22. The van der Waals surface area contributed by atoms with Crippen LogP contribution in [0.5, 0.6) is 0 Å². The van der Waals surface area contributed by atoms with Crippen LogP contribution in [0.4, 0.5) is 0 Å². The van der Waals surface area contributed by atoms with Gasteiger partial charge in [0.15, 0.2) is 0 Å². The SMILES string of the molecule is O=C(NCC(c1ccccc1)N1CCOCC1)C1CCCN1. The fourth-order valence-electron chi connectivity index (χ4n) is 3.25. The highest BCUT2D eigenvalue weighted by atomic mass is 16.5. The van der Waals surface area contributed by atoms with Crippen molar-refractivity contribution in [1.29, 1.82) is 0 Å². The smallest absolute Gasteiger partial charge is 0.237 e. The van der Waals surface area contributed by atoms with Gasteiger partial charge in [-0.1, -0.05) is 30.3 Å². The number of amides is 1. The van der Waals surface area contributed by atoms with Gasteiger partial charge in [0.2, 0.25) is 5.91 Å². The number of nitrogens with zero attached hydrogens (tertiary/aromatic N) is 1. The molecule has 0 aromatic heterocycles. The molecule has 5 nitrogen and oxygen atoms in total. The first kappa shape index (κ1) is 15.5. The Hall–Kier alpha value is -1.43. The van der Waals surface area contributed by atoms with Crippen molar-refractivity contribution in [2.24, 2.45) is 0 Å². The van der Waals surface area contributed by atoms with Crippen molar-refractivity contribution >= 4 is 5.91 Å². The van der Waals surface area contributed by atoms with Crippen molar-refractivity contribution in [2.45, 2.75) is 24.9 Å². The molecule has 1 amide bonds. The van der Waals surface area contributed by atoms with Gasteiger partial charge in [0.25, 0.3) is 0 Å². The van der Waals surface area contributed by atoms with E-state index in [0.717, 1.165) is 45.7 Å². The Labute approximate surface area is 132 Å². The van der Waals surface area contributed by atoms with Gasteiger partial charge in [-0.25, -0.2) is 0 Å². The minimum atomic E-state index is -0.0129. The molecule has 2 N–H and O–H groups in total. The summed E-state index contributed by atoms with van der Waals surface area (Å²) in [5.41, 5.74) is 1.25. The van der Waals surface area contributed by atoms with Gasteiger partial charge < -0.3 is 15.4 Å². The molecule has 2 unspecified atom stereocenters. The molecule has 2 aliphatic heterocycles. The van der Waals surface area contributed by atoms with E-state index in [0.29, 0.717) is 6.54 Å². The quantitative estimate of drug-likeness (QED) is 0.850. The Morgan fingerprint density at radius 1 is 1.32 bits per heavy atom. The van der Waals surface area contributed by atoms with E-state index in [-0.39, 0.29) is 18.0 Å². The van der Waals surface area contributed by atoms with Crippen molar-refractivity contribution in [2.75, 3.05) is 39.4 Å². The molecule has 0 saturated carbocycles. The van der Waals surface area contributed by atoms with Gasteiger partial charge in [0.1, 0.15) is 0 Å². The molecule has 1 aromatic carbocycles. The number of carbonyl (C=O) groups is 1. The summed E-state index contributed by atoms with van der Waals surface area (Å²) < 4.78 is 5.45. The molecule has 0 radical (unpaired) electrons. The van der Waals surface area contributed by atoms with E-state index >= 15 is 0 Å². The molecule has 3 rings (SSSR count). The maximum atomic E-state index is 12.2. The van der Waals surface area contributed by atoms with Crippen molar-refractivity contribution in [3.63, 3.8) is 0 Å². The van der Waals surface area contributed by atoms with Gasteiger partial charge in [0.05, 0.1) is 25.3 Å². The van der Waals surface area contributed by atoms with Crippen molar-refractivity contribution < 1.29 is 9.53 Å². The predicted octanol–water partition coefficient (Wildman–Crippen LogP) is 0.928. The van der Waals surface area contributed by atoms with Gasteiger partial charge in [-0.15, -0.1) is 0 Å². The van der Waals surface area contributed by atoms with Crippen LogP contribution in [-0.4, -0.2) is 56.2 Å². The average molecular weight is 303 g/mol. The molecular weight excluding hydrogens is 278 g/mol. The molecule has 2 fully saturated rings. The van der Waals surface area contributed by atoms with Gasteiger partial charge in [-0.3, -0.25) is 9.69 Å². The molecule has 0 bridgehead atoms. The first-order valence-corrected chi connectivity index (χ1v) is 8.22. The van der Waals surface area contributed by atoms with E-state index in [1.165, 1.54) is 5.56 Å². The number of ether oxygens (including phenoxy) is 1. The van der Waals surface area contributed by atoms with Crippen LogP contribution in [0.2, 0.25) is 0 Å². The van der Waals surface area contributed by atoms with Gasteiger partial charge >= 0.3 is 0 Å². The van der Waals surface area contributed by atoms with E-state index in [2.05, 4.69) is 39.8 Å². The van der Waals surface area contributed by atoms with Crippen LogP contribution >= 0.6 is 0 Å². The molecule has 2 atom stereocenters. The largest absolute Gasteiger partial charge is 0.379 e. The second-order valence-corrected chi connectivity index (χ2v) is 5.97. The molecule has 5 heteroatoms. The lowest BCUT2D eigenvalue weighted by atomic mass is 10.0. The minimum Gasteiger partial charge on any atom is -0.379 e. The molecule has 0 spiro atoms. The molecule has 1 aromatic rings. The third kappa shape index (κ3) is 3.85. The lowest BCUT2D eigenvalue weighted by molar-refractivity contribution is -0.123. The zero-order valence-electron chi connectivity index (χ0n) is 13.0. The summed E-state index contributed by atoms with van der Waals surface area (Å²) in [7, 11) is 0. The fraction of sp³-hybridized carbons (Fsp3) is 0.588. The highest BCUT2D eigenvalue weighted by molar-refractivity contribution is 5.82. The number of rotatable bonds is 5. The zero-order valence-corrected chi connectivity index (χ0v) is 13.0. The monoisotopic (exact) mass is 303 g/mol. The summed E-state index contributed by atoms with van der Waals surface area (Å²) in [6.45, 7) is 4.96. The molecule has 120 valence electrons. The maximum Gasteiger partial charge on any atom is 0.237 e. The molecule has 22 heavy (non-hydrogen) atoms. The second kappa shape index (κ2) is 7.72. The van der Waals surface area contributed by atoms with Gasteiger partial charge in [0, 0.05) is 19.6 Å². The van der Waals surface area contributed by atoms with Crippen LogP contribution in [0.3, 0.4) is 0 Å². The Morgan fingerprint density at radius 3 is 2.77 bits per heavy atom. The Morgan fingerprint density at radius 2 is 2.09 bits per heavy atom. The number of morpholine rings is 1. The van der Waals surface area contributed by atoms with Crippen molar-refractivity contribution in [3.05, 3.63) is 35.9 Å². The summed E-state index contributed by atoms with van der Waals surface area (Å²) in [5.74, 6) is 0.131. The van der Waals surface area contributed by atoms with Crippen LogP contribution < -0.4 is 10.6 Å². The number of hydrogen-bond donors (Lipinski definition) is 2. The van der Waals surface area contributed by atoms with E-state index in [9.17, 15) is 4.79 Å². The van der Waals surface area contributed by atoms with Crippen LogP contribution in [0.25, 0.3) is 0 Å². The second-order valence-electron chi connectivity index (χ2n) is 5.97. The van der Waals surface area contributed by atoms with Crippen LogP contribution in [0.15, 0.2) is 30.3 Å². The van der Waals surface area contributed by atoms with Crippen molar-refractivity contribution in [3.8, 4) is 0 Å². The predicted molar refractivity (Wildman–Crippen MR) is 85.6 cm³/mol. The summed E-state index contributed by atoms with van der Waals surface area (Å²) in [4.78, 5) is 14.7. The number of hydrogen-bond acceptors (Lipinski definition) is 4. The minimum absolute atomic E-state index is 0.0129. The zero-order chi connectivity index (χ0) is 15.2. The third-order valence-corrected chi connectivity index (χ3v) is 4.52. The lowest BCUT2D eigenvalue weighted by Crippen LogP contribution is -2.47. The van der Waals surface area contributed by atoms with E-state index in [1.807, 2.05) is 6.07 Å². The molecule has 2 heterocycles. The Kier molecular flexibility index (Phi) is 5.43. The number of nitrogens with one attached hydrogen (secondary N) is 2. The topological polar surface area (TPSA) is 53.6 Å². The fourth-order valence-corrected chi connectivity index (χ4v) is 3.25. The summed E-state index contributed by atoms with van der Waals surface area (Å²) in [6.07, 6.45) is 2.03. The normalized spacial score (nSPS) is 24.1. The standard InChI is InChI=1S/C17H25N3O2/c21-17(15-7-4-8-18-15)19-13-16(14-5-2-1-3-6-14)20-9-11-22-12-10-20/h1-3,5-6,15-16,18H,4,7-13H2,(H,19,21). The van der Waals surface area contributed by atoms with E-state index < -0.39 is 0 Å². The Bertz CT molecular complexity index is 468. The van der Waals surface area contributed by atoms with Crippen LogP contribution in [-0.2, 0) is 9.53 Å². The molecular formula is C17H25N3O2. The summed E-state index contributed by atoms with van der Waals surface area (Å²) in [6, 6.07) is 10.6. The first-order chi connectivity index (χ1) is 10.8. The number of benzene rings is 1. The number of carbonyl (C=O) groups excluding carboxylic acids is 1. The van der Waals surface area contributed by atoms with Crippen molar-refractivity contribution in [1.82, 2.24) is 15.5 Å². The lowest BCUT2D eigenvalue weighted by Gasteiger charge is -2.35. The Balaban J connectivity index is 1.64. The van der Waals surface area contributed by atoms with Crippen LogP contribution in [0, 0.1) is 0 Å². The summed E-state index contributed by atoms with van der Waals surface area (Å²) >= 11 is 0. The van der Waals surface area contributed by atoms with Gasteiger partial charge in [-0.2, -0.15) is 0 Å². The summed E-state index contributed by atoms with van der Waals surface area (Å²) in [5, 5.41) is 6.39. The third-order valence-electron chi connectivity index (χ3n) is 4.52. The highest BCUT2D eigenvalue weighted by Crippen LogP contribution is 2.21. The molecule has 0 aliphatic carbocycles.